The van der Waals surface area contributed by atoms with Crippen molar-refractivity contribution < 1.29 is 9.53 Å². The lowest BCUT2D eigenvalue weighted by Gasteiger charge is -2.30. The van der Waals surface area contributed by atoms with Crippen molar-refractivity contribution >= 4 is 58.4 Å². The van der Waals surface area contributed by atoms with Gasteiger partial charge < -0.3 is 20.7 Å². The topological polar surface area (TPSA) is 114 Å². The van der Waals surface area contributed by atoms with Gasteiger partial charge in [0.05, 0.1) is 15.7 Å². The highest BCUT2D eigenvalue weighted by Gasteiger charge is 2.36. The van der Waals surface area contributed by atoms with Crippen LogP contribution in [0.25, 0.3) is 0 Å². The second kappa shape index (κ2) is 7.34. The molecule has 0 saturated carbocycles. The minimum atomic E-state index is -0.876. The van der Waals surface area contributed by atoms with E-state index in [2.05, 4.69) is 35.9 Å². The van der Waals surface area contributed by atoms with Crippen molar-refractivity contribution in [2.45, 2.75) is 19.4 Å². The number of nitrogens with zero attached hydrogens (tertiary/aromatic N) is 4. The molecule has 1 aliphatic heterocycles. The number of pyridine rings is 1. The van der Waals surface area contributed by atoms with E-state index in [1.807, 2.05) is 0 Å². The van der Waals surface area contributed by atoms with Crippen molar-refractivity contribution in [3.63, 3.8) is 0 Å². The minimum absolute atomic E-state index is 0.264. The Kier molecular flexibility index (Phi) is 4.85. The molecule has 148 valence electrons. The lowest BCUT2D eigenvalue weighted by Crippen LogP contribution is -2.46. The van der Waals surface area contributed by atoms with Crippen molar-refractivity contribution in [3.05, 3.63) is 46.7 Å². The zero-order chi connectivity index (χ0) is 20.6. The number of hydrogen-bond donors (Lipinski definition) is 3. The first-order chi connectivity index (χ1) is 13.8. The van der Waals surface area contributed by atoms with E-state index < -0.39 is 5.54 Å². The molecule has 1 aliphatic rings. The Hall–Kier alpha value is -3.17. The molecule has 0 atom stereocenters. The number of nitrogens with one attached hydrogen (secondary N) is 3. The van der Waals surface area contributed by atoms with Crippen molar-refractivity contribution in [1.82, 2.24) is 19.9 Å². The molecule has 4 rings (SSSR count). The summed E-state index contributed by atoms with van der Waals surface area (Å²) in [6.07, 6.45) is 1.34. The number of esters is 1. The predicted molar refractivity (Wildman–Crippen MR) is 110 cm³/mol. The van der Waals surface area contributed by atoms with Crippen LogP contribution in [0.5, 0.6) is 5.75 Å². The summed E-state index contributed by atoms with van der Waals surface area (Å²) in [5.74, 6) is 1.42. The SMILES string of the molecule is CC1(C)Nc2nc(Nc3ncnc(Nc4cccc(Cl)c4Cl)n3)ccc2OC1=O. The maximum Gasteiger partial charge on any atom is 0.336 e. The van der Waals surface area contributed by atoms with Crippen LogP contribution in [0.15, 0.2) is 36.7 Å². The third-order valence-electron chi connectivity index (χ3n) is 4.01. The smallest absolute Gasteiger partial charge is 0.336 e. The number of carbonyl (C=O) groups excluding carboxylic acids is 1. The molecule has 0 spiro atoms. The zero-order valence-corrected chi connectivity index (χ0v) is 16.8. The fourth-order valence-electron chi connectivity index (χ4n) is 2.51. The predicted octanol–water partition coefficient (Wildman–Crippen LogP) is 4.17. The summed E-state index contributed by atoms with van der Waals surface area (Å²) in [7, 11) is 0. The molecule has 0 amide bonds. The summed E-state index contributed by atoms with van der Waals surface area (Å²) in [4.78, 5) is 28.8. The quantitative estimate of drug-likeness (QED) is 0.523. The lowest BCUT2D eigenvalue weighted by atomic mass is 10.0. The standard InChI is InChI=1S/C18H15Cl2N7O2/c1-18(2)15(28)29-11-6-7-12(24-14(11)27-18)25-17-22-8-21-16(26-17)23-10-5-3-4-9(19)13(10)20/h3-8H,1-2H3,(H3,21,22,23,24,25,26,27). The maximum absolute atomic E-state index is 11.9. The largest absolute Gasteiger partial charge is 0.421 e. The van der Waals surface area contributed by atoms with Gasteiger partial charge in [-0.2, -0.15) is 4.98 Å². The molecule has 0 fully saturated rings. The van der Waals surface area contributed by atoms with Crippen LogP contribution in [-0.2, 0) is 4.79 Å². The van der Waals surface area contributed by atoms with Crippen LogP contribution in [0.2, 0.25) is 10.0 Å². The molecule has 0 radical (unpaired) electrons. The van der Waals surface area contributed by atoms with E-state index in [4.69, 9.17) is 27.9 Å². The first kappa shape index (κ1) is 19.2. The molecule has 29 heavy (non-hydrogen) atoms. The molecule has 11 heteroatoms. The monoisotopic (exact) mass is 431 g/mol. The van der Waals surface area contributed by atoms with E-state index in [1.165, 1.54) is 6.33 Å². The Labute approximate surface area is 175 Å². The lowest BCUT2D eigenvalue weighted by molar-refractivity contribution is -0.139. The van der Waals surface area contributed by atoms with Crippen molar-refractivity contribution in [3.8, 4) is 5.75 Å². The average Bonchev–Trinajstić information content (AvgIpc) is 2.67. The van der Waals surface area contributed by atoms with E-state index in [-0.39, 0.29) is 17.9 Å². The summed E-state index contributed by atoms with van der Waals surface area (Å²) >= 11 is 12.2. The Bertz CT molecular complexity index is 1110. The summed E-state index contributed by atoms with van der Waals surface area (Å²) in [6, 6.07) is 8.48. The number of ether oxygens (including phenoxy) is 1. The van der Waals surface area contributed by atoms with Crippen LogP contribution in [0, 0.1) is 0 Å². The highest BCUT2D eigenvalue weighted by atomic mass is 35.5. The number of carbonyl (C=O) groups is 1. The highest BCUT2D eigenvalue weighted by Crippen LogP contribution is 2.33. The molecule has 0 unspecified atom stereocenters. The van der Waals surface area contributed by atoms with E-state index >= 15 is 0 Å². The van der Waals surface area contributed by atoms with Gasteiger partial charge in [0.15, 0.2) is 11.6 Å². The number of anilines is 5. The van der Waals surface area contributed by atoms with Gasteiger partial charge in [-0.1, -0.05) is 29.3 Å². The molecule has 3 N–H and O–H groups in total. The van der Waals surface area contributed by atoms with E-state index in [0.29, 0.717) is 33.1 Å². The molecule has 0 aliphatic carbocycles. The van der Waals surface area contributed by atoms with Crippen LogP contribution in [-0.4, -0.2) is 31.4 Å². The second-order valence-corrected chi connectivity index (χ2v) is 7.45. The normalized spacial score (nSPS) is 14.4. The Morgan fingerprint density at radius 3 is 2.59 bits per heavy atom. The van der Waals surface area contributed by atoms with Crippen molar-refractivity contribution in [1.29, 1.82) is 0 Å². The first-order valence-corrected chi connectivity index (χ1v) is 9.26. The highest BCUT2D eigenvalue weighted by molar-refractivity contribution is 6.43. The number of benzene rings is 1. The molecule has 1 aromatic carbocycles. The van der Waals surface area contributed by atoms with Gasteiger partial charge in [0.1, 0.15) is 17.7 Å². The number of rotatable bonds is 4. The summed E-state index contributed by atoms with van der Waals surface area (Å²) in [5, 5.41) is 9.82. The molecule has 3 aromatic rings. The number of aromatic nitrogens is 4. The molecular weight excluding hydrogens is 417 g/mol. The average molecular weight is 432 g/mol. The van der Waals surface area contributed by atoms with Gasteiger partial charge in [-0.05, 0) is 38.1 Å². The first-order valence-electron chi connectivity index (χ1n) is 8.50. The number of hydrogen-bond acceptors (Lipinski definition) is 9. The number of fused-ring (bicyclic) bond motifs is 1. The minimum Gasteiger partial charge on any atom is -0.421 e. The Morgan fingerprint density at radius 2 is 1.79 bits per heavy atom. The van der Waals surface area contributed by atoms with Crippen molar-refractivity contribution in [2.75, 3.05) is 16.0 Å². The van der Waals surface area contributed by atoms with E-state index in [1.54, 1.807) is 44.2 Å². The number of halogens is 2. The van der Waals surface area contributed by atoms with Gasteiger partial charge in [-0.15, -0.1) is 0 Å². The van der Waals surface area contributed by atoms with Crippen LogP contribution >= 0.6 is 23.2 Å². The van der Waals surface area contributed by atoms with Crippen LogP contribution in [0.1, 0.15) is 13.8 Å². The van der Waals surface area contributed by atoms with E-state index in [9.17, 15) is 4.79 Å². The van der Waals surface area contributed by atoms with Gasteiger partial charge in [0.2, 0.25) is 11.9 Å². The summed E-state index contributed by atoms with van der Waals surface area (Å²) in [5.41, 5.74) is -0.310. The molecule has 2 aromatic heterocycles. The molecular formula is C18H15Cl2N7O2. The summed E-state index contributed by atoms with van der Waals surface area (Å²) < 4.78 is 5.29. The second-order valence-electron chi connectivity index (χ2n) is 6.67. The van der Waals surface area contributed by atoms with Gasteiger partial charge in [0.25, 0.3) is 0 Å². The Morgan fingerprint density at radius 1 is 1.03 bits per heavy atom. The Balaban J connectivity index is 1.54. The molecule has 9 nitrogen and oxygen atoms in total. The van der Waals surface area contributed by atoms with Gasteiger partial charge in [-0.25, -0.2) is 19.7 Å². The fourth-order valence-corrected chi connectivity index (χ4v) is 2.86. The van der Waals surface area contributed by atoms with Crippen LogP contribution in [0.4, 0.5) is 29.2 Å². The maximum atomic E-state index is 11.9. The third-order valence-corrected chi connectivity index (χ3v) is 4.83. The summed E-state index contributed by atoms with van der Waals surface area (Å²) in [6.45, 7) is 3.43. The zero-order valence-electron chi connectivity index (χ0n) is 15.3. The van der Waals surface area contributed by atoms with E-state index in [0.717, 1.165) is 0 Å². The molecule has 0 bridgehead atoms. The van der Waals surface area contributed by atoms with Crippen LogP contribution in [0.3, 0.4) is 0 Å². The van der Waals surface area contributed by atoms with Gasteiger partial charge >= 0.3 is 5.97 Å². The fraction of sp³-hybridized carbons (Fsp3) is 0.167. The van der Waals surface area contributed by atoms with Crippen molar-refractivity contribution in [2.24, 2.45) is 0 Å². The van der Waals surface area contributed by atoms with Gasteiger partial charge in [-0.3, -0.25) is 0 Å². The molecule has 0 saturated heterocycles. The molecule has 3 heterocycles. The third kappa shape index (κ3) is 4.01. The van der Waals surface area contributed by atoms with Gasteiger partial charge in [0, 0.05) is 0 Å². The van der Waals surface area contributed by atoms with Crippen LogP contribution < -0.4 is 20.7 Å².